The number of carboxylic acids is 1. The number of aliphatic carboxylic acids is 1. The third kappa shape index (κ3) is 7.89. The molecule has 1 unspecified atom stereocenters. The number of ether oxygens (including phenoxy) is 1. The van der Waals surface area contributed by atoms with Gasteiger partial charge in [0.15, 0.2) is 0 Å². The first-order valence-electron chi connectivity index (χ1n) is 10.4. The van der Waals surface area contributed by atoms with Gasteiger partial charge < -0.3 is 9.84 Å². The van der Waals surface area contributed by atoms with Gasteiger partial charge in [0, 0.05) is 13.0 Å². The fourth-order valence-electron chi connectivity index (χ4n) is 2.77. The zero-order valence-corrected chi connectivity index (χ0v) is 17.9. The fraction of sp³-hybridized carbons (Fsp3) is 0.280. The van der Waals surface area contributed by atoms with E-state index in [0.717, 1.165) is 24.9 Å². The number of benzene rings is 2. The second kappa shape index (κ2) is 12.9. The normalized spacial score (nSPS) is 17.2. The van der Waals surface area contributed by atoms with Gasteiger partial charge in [0.1, 0.15) is 11.9 Å². The molecule has 1 N–H and O–H groups in total. The molecule has 7 heteroatoms. The molecule has 0 heterocycles. The van der Waals surface area contributed by atoms with E-state index in [1.54, 1.807) is 30.4 Å². The Labute approximate surface area is 187 Å². The van der Waals surface area contributed by atoms with Crippen LogP contribution in [-0.2, 0) is 9.53 Å². The van der Waals surface area contributed by atoms with Crippen molar-refractivity contribution >= 4 is 11.7 Å². The number of hydrogen-bond donors (Lipinski definition) is 1. The highest BCUT2D eigenvalue weighted by molar-refractivity contribution is 5.90. The molecule has 0 saturated heterocycles. The summed E-state index contributed by atoms with van der Waals surface area (Å²) in [6.07, 6.45) is 8.37. The van der Waals surface area contributed by atoms with Crippen LogP contribution in [0.3, 0.4) is 0 Å². The smallest absolute Gasteiger partial charge is 0.335 e. The average Bonchev–Trinajstić information content (AvgIpc) is 2.82. The van der Waals surface area contributed by atoms with Gasteiger partial charge in [0.05, 0.1) is 16.8 Å². The molecule has 32 heavy (non-hydrogen) atoms. The third-order valence-corrected chi connectivity index (χ3v) is 4.57. The summed E-state index contributed by atoms with van der Waals surface area (Å²) in [6.45, 7) is 2.70. The van der Waals surface area contributed by atoms with Crippen LogP contribution in [-0.4, -0.2) is 23.4 Å². The van der Waals surface area contributed by atoms with Crippen molar-refractivity contribution in [2.45, 2.75) is 38.3 Å². The fourth-order valence-corrected chi connectivity index (χ4v) is 2.77. The number of hydrogen-bond acceptors (Lipinski definition) is 5. The molecule has 1 atom stereocenters. The Morgan fingerprint density at radius 1 is 1.19 bits per heavy atom. The number of unbranched alkanes of at least 4 members (excludes halogenated alkanes) is 2. The van der Waals surface area contributed by atoms with Crippen LogP contribution in [0.25, 0.3) is 0 Å². The van der Waals surface area contributed by atoms with E-state index in [4.69, 9.17) is 15.1 Å². The first-order chi connectivity index (χ1) is 15.5. The molecule has 1 aliphatic rings. The van der Waals surface area contributed by atoms with Gasteiger partial charge in [-0.1, -0.05) is 56.2 Å². The molecule has 3 rings (SSSR count). The number of nitriles is 1. The predicted molar refractivity (Wildman–Crippen MR) is 120 cm³/mol. The summed E-state index contributed by atoms with van der Waals surface area (Å²) in [6, 6.07) is 17.0. The number of azo groups is 1. The SMILES string of the molecule is CCCCCOC1(N=Nc2ccccc2)C=CC(C(=O)O)=CC1.N#Cc1ccccc1F. The number of nitrogens with zero attached hydrogens (tertiary/aromatic N) is 3. The van der Waals surface area contributed by atoms with E-state index in [2.05, 4.69) is 17.2 Å². The van der Waals surface area contributed by atoms with Crippen LogP contribution >= 0.6 is 0 Å². The molecule has 0 bridgehead atoms. The maximum atomic E-state index is 12.4. The minimum Gasteiger partial charge on any atom is -0.478 e. The van der Waals surface area contributed by atoms with E-state index < -0.39 is 17.5 Å². The summed E-state index contributed by atoms with van der Waals surface area (Å²) >= 11 is 0. The van der Waals surface area contributed by atoms with Crippen LogP contribution < -0.4 is 0 Å². The molecule has 0 saturated carbocycles. The standard InChI is InChI=1S/C18H22N2O3.C7H4FN/c1-2-3-7-14-23-18(12-10-15(11-13-18)17(21)22)20-19-16-8-5-4-6-9-16;8-7-4-2-1-3-6(7)5-9/h4-6,8-12H,2-3,7,13-14H2,1H3,(H,21,22);1-4H. The van der Waals surface area contributed by atoms with Crippen molar-refractivity contribution in [3.63, 3.8) is 0 Å². The van der Waals surface area contributed by atoms with E-state index in [-0.39, 0.29) is 11.1 Å². The van der Waals surface area contributed by atoms with Gasteiger partial charge in [-0.05, 0) is 42.8 Å². The average molecular weight is 435 g/mol. The van der Waals surface area contributed by atoms with Gasteiger partial charge in [-0.3, -0.25) is 0 Å². The van der Waals surface area contributed by atoms with E-state index in [1.807, 2.05) is 30.3 Å². The number of carbonyl (C=O) groups is 1. The quantitative estimate of drug-likeness (QED) is 0.386. The van der Waals surface area contributed by atoms with Gasteiger partial charge >= 0.3 is 5.97 Å². The molecule has 2 aromatic rings. The third-order valence-electron chi connectivity index (χ3n) is 4.57. The maximum absolute atomic E-state index is 12.4. The number of halogens is 1. The Morgan fingerprint density at radius 3 is 2.47 bits per heavy atom. The summed E-state index contributed by atoms with van der Waals surface area (Å²) in [5.41, 5.74) is 0.179. The second-order valence-corrected chi connectivity index (χ2v) is 7.03. The summed E-state index contributed by atoms with van der Waals surface area (Å²) in [5, 5.41) is 25.9. The zero-order chi connectivity index (χ0) is 23.2. The molecule has 0 radical (unpaired) electrons. The molecule has 0 fully saturated rings. The Hall–Kier alpha value is -3.63. The van der Waals surface area contributed by atoms with Crippen LogP contribution in [0.1, 0.15) is 38.2 Å². The Bertz CT molecular complexity index is 1010. The molecule has 1 aliphatic carbocycles. The highest BCUT2D eigenvalue weighted by Crippen LogP contribution is 2.29. The summed E-state index contributed by atoms with van der Waals surface area (Å²) in [7, 11) is 0. The molecule has 0 aromatic heterocycles. The van der Waals surface area contributed by atoms with Crippen LogP contribution in [0.15, 0.2) is 88.6 Å². The molecule has 0 aliphatic heterocycles. The molecule has 0 spiro atoms. The summed E-state index contributed by atoms with van der Waals surface area (Å²) < 4.78 is 18.3. The monoisotopic (exact) mass is 435 g/mol. The Kier molecular flexibility index (Phi) is 9.95. The summed E-state index contributed by atoms with van der Waals surface area (Å²) in [4.78, 5) is 11.0. The van der Waals surface area contributed by atoms with Gasteiger partial charge in [0.25, 0.3) is 0 Å². The largest absolute Gasteiger partial charge is 0.478 e. The van der Waals surface area contributed by atoms with E-state index in [1.165, 1.54) is 18.2 Å². The highest BCUT2D eigenvalue weighted by Gasteiger charge is 2.30. The minimum absolute atomic E-state index is 0.0949. The lowest BCUT2D eigenvalue weighted by molar-refractivity contribution is -0.132. The van der Waals surface area contributed by atoms with Crippen molar-refractivity contribution in [2.75, 3.05) is 6.61 Å². The molecule has 166 valence electrons. The van der Waals surface area contributed by atoms with Crippen molar-refractivity contribution in [1.82, 2.24) is 0 Å². The van der Waals surface area contributed by atoms with Gasteiger partial charge in [-0.2, -0.15) is 10.4 Å². The van der Waals surface area contributed by atoms with Gasteiger partial charge in [-0.15, -0.1) is 5.11 Å². The Balaban J connectivity index is 0.000000336. The topological polar surface area (TPSA) is 95.0 Å². The van der Waals surface area contributed by atoms with Crippen LogP contribution in [0, 0.1) is 17.1 Å². The lowest BCUT2D eigenvalue weighted by Crippen LogP contribution is -2.29. The van der Waals surface area contributed by atoms with Crippen molar-refractivity contribution < 1.29 is 19.0 Å². The minimum atomic E-state index is -0.944. The highest BCUT2D eigenvalue weighted by atomic mass is 19.1. The van der Waals surface area contributed by atoms with Crippen LogP contribution in [0.2, 0.25) is 0 Å². The molecular formula is C25H26FN3O3. The van der Waals surface area contributed by atoms with Crippen molar-refractivity contribution in [3.05, 3.63) is 89.8 Å². The van der Waals surface area contributed by atoms with Crippen LogP contribution in [0.4, 0.5) is 10.1 Å². The van der Waals surface area contributed by atoms with Crippen molar-refractivity contribution in [1.29, 1.82) is 5.26 Å². The first kappa shape index (κ1) is 24.6. The number of rotatable bonds is 8. The van der Waals surface area contributed by atoms with E-state index in [9.17, 15) is 9.18 Å². The maximum Gasteiger partial charge on any atom is 0.335 e. The number of carboxylic acid groups (broad SMARTS) is 1. The lowest BCUT2D eigenvalue weighted by atomic mass is 10.00. The zero-order valence-electron chi connectivity index (χ0n) is 17.9. The molecule has 6 nitrogen and oxygen atoms in total. The molecular weight excluding hydrogens is 409 g/mol. The Morgan fingerprint density at radius 2 is 1.91 bits per heavy atom. The van der Waals surface area contributed by atoms with Gasteiger partial charge in [0.2, 0.25) is 5.72 Å². The predicted octanol–water partition coefficient (Wildman–Crippen LogP) is 6.34. The molecule has 2 aromatic carbocycles. The van der Waals surface area contributed by atoms with E-state index in [0.29, 0.717) is 13.0 Å². The second-order valence-electron chi connectivity index (χ2n) is 7.03. The first-order valence-corrected chi connectivity index (χ1v) is 10.4. The van der Waals surface area contributed by atoms with E-state index >= 15 is 0 Å². The van der Waals surface area contributed by atoms with Gasteiger partial charge in [-0.25, -0.2) is 9.18 Å². The lowest BCUT2D eigenvalue weighted by Gasteiger charge is -2.26. The molecule has 0 amide bonds. The summed E-state index contributed by atoms with van der Waals surface area (Å²) in [5.74, 6) is -1.40. The van der Waals surface area contributed by atoms with Crippen LogP contribution in [0.5, 0.6) is 0 Å². The van der Waals surface area contributed by atoms with Crippen molar-refractivity contribution in [3.8, 4) is 6.07 Å². The van der Waals surface area contributed by atoms with Crippen molar-refractivity contribution in [2.24, 2.45) is 10.2 Å².